The SMILES string of the molecule is C[C@H](C(=O)NC1CCCC1)N(Cc1c(Cl)cccc1Cl)C(=O)CN1C(=O)c2cccc3cccc1c23. The highest BCUT2D eigenvalue weighted by Crippen LogP contribution is 2.37. The Bertz CT molecular complexity index is 1330. The Morgan fingerprint density at radius 3 is 2.36 bits per heavy atom. The Morgan fingerprint density at radius 1 is 1.03 bits per heavy atom. The lowest BCUT2D eigenvalue weighted by Gasteiger charge is -2.31. The van der Waals surface area contributed by atoms with Crippen LogP contribution in [0.25, 0.3) is 10.8 Å². The number of nitrogens with zero attached hydrogens (tertiary/aromatic N) is 2. The molecule has 3 aromatic carbocycles. The molecule has 1 heterocycles. The first-order valence-corrected chi connectivity index (χ1v) is 13.0. The van der Waals surface area contributed by atoms with Gasteiger partial charge in [0.05, 0.1) is 5.69 Å². The maximum Gasteiger partial charge on any atom is 0.259 e. The molecule has 1 N–H and O–H groups in total. The standard InChI is InChI=1S/C28H27Cl2N3O3/c1-17(27(35)31-19-9-2-3-10-19)32(15-21-22(29)12-6-13-23(21)30)25(34)16-33-24-14-5-8-18-7-4-11-20(26(18)24)28(33)36/h4-8,11-14,17,19H,2-3,9-10,15-16H2,1H3,(H,31,35)/t17-/m1/s1. The van der Waals surface area contributed by atoms with Crippen LogP contribution >= 0.6 is 23.2 Å². The van der Waals surface area contributed by atoms with E-state index in [1.165, 1.54) is 9.80 Å². The van der Waals surface area contributed by atoms with Crippen molar-refractivity contribution in [1.29, 1.82) is 0 Å². The molecule has 1 atom stereocenters. The van der Waals surface area contributed by atoms with E-state index in [4.69, 9.17) is 23.2 Å². The monoisotopic (exact) mass is 523 g/mol. The van der Waals surface area contributed by atoms with Crippen LogP contribution in [0.1, 0.15) is 48.5 Å². The molecule has 1 saturated carbocycles. The summed E-state index contributed by atoms with van der Waals surface area (Å²) in [4.78, 5) is 43.2. The summed E-state index contributed by atoms with van der Waals surface area (Å²) in [7, 11) is 0. The highest BCUT2D eigenvalue weighted by atomic mass is 35.5. The molecule has 5 rings (SSSR count). The third kappa shape index (κ3) is 4.56. The summed E-state index contributed by atoms with van der Waals surface area (Å²) < 4.78 is 0. The smallest absolute Gasteiger partial charge is 0.259 e. The first-order chi connectivity index (χ1) is 17.3. The number of carbonyl (C=O) groups excluding carboxylic acids is 3. The van der Waals surface area contributed by atoms with Crippen molar-refractivity contribution in [2.24, 2.45) is 0 Å². The van der Waals surface area contributed by atoms with E-state index >= 15 is 0 Å². The number of anilines is 1. The Labute approximate surface area is 220 Å². The average Bonchev–Trinajstić information content (AvgIpc) is 3.47. The van der Waals surface area contributed by atoms with Crippen molar-refractivity contribution >= 4 is 57.4 Å². The lowest BCUT2D eigenvalue weighted by atomic mass is 10.1. The van der Waals surface area contributed by atoms with E-state index in [2.05, 4.69) is 5.32 Å². The quantitative estimate of drug-likeness (QED) is 0.439. The fourth-order valence-electron chi connectivity index (χ4n) is 5.19. The van der Waals surface area contributed by atoms with E-state index in [1.54, 1.807) is 31.2 Å². The molecule has 36 heavy (non-hydrogen) atoms. The van der Waals surface area contributed by atoms with E-state index < -0.39 is 6.04 Å². The maximum absolute atomic E-state index is 13.8. The van der Waals surface area contributed by atoms with Crippen LogP contribution in [-0.4, -0.2) is 41.2 Å². The van der Waals surface area contributed by atoms with Gasteiger partial charge in [0.25, 0.3) is 5.91 Å². The lowest BCUT2D eigenvalue weighted by molar-refractivity contribution is -0.139. The molecule has 3 amide bonds. The molecule has 1 aliphatic carbocycles. The summed E-state index contributed by atoms with van der Waals surface area (Å²) in [5.41, 5.74) is 1.83. The van der Waals surface area contributed by atoms with Gasteiger partial charge >= 0.3 is 0 Å². The van der Waals surface area contributed by atoms with Gasteiger partial charge in [0, 0.05) is 39.1 Å². The number of amides is 3. The molecule has 0 aromatic heterocycles. The average molecular weight is 524 g/mol. The van der Waals surface area contributed by atoms with Crippen LogP contribution in [0.2, 0.25) is 10.0 Å². The molecule has 6 nitrogen and oxygen atoms in total. The van der Waals surface area contributed by atoms with E-state index in [-0.39, 0.29) is 36.9 Å². The van der Waals surface area contributed by atoms with Crippen LogP contribution in [-0.2, 0) is 16.1 Å². The number of hydrogen-bond donors (Lipinski definition) is 1. The molecule has 1 aliphatic heterocycles. The molecular weight excluding hydrogens is 497 g/mol. The van der Waals surface area contributed by atoms with Gasteiger partial charge in [-0.3, -0.25) is 19.3 Å². The minimum Gasteiger partial charge on any atom is -0.352 e. The van der Waals surface area contributed by atoms with Crippen molar-refractivity contribution in [1.82, 2.24) is 10.2 Å². The number of carbonyl (C=O) groups is 3. The minimum atomic E-state index is -0.777. The topological polar surface area (TPSA) is 69.7 Å². The summed E-state index contributed by atoms with van der Waals surface area (Å²) in [6, 6.07) is 15.7. The van der Waals surface area contributed by atoms with Crippen molar-refractivity contribution in [2.75, 3.05) is 11.4 Å². The molecule has 0 bridgehead atoms. The Kier molecular flexibility index (Phi) is 6.91. The molecule has 1 fully saturated rings. The second-order valence-corrected chi connectivity index (χ2v) is 10.3. The fourth-order valence-corrected chi connectivity index (χ4v) is 5.71. The van der Waals surface area contributed by atoms with Gasteiger partial charge in [0.2, 0.25) is 11.8 Å². The first kappa shape index (κ1) is 24.6. The molecule has 0 spiro atoms. The Balaban J connectivity index is 1.44. The highest BCUT2D eigenvalue weighted by Gasteiger charge is 2.35. The lowest BCUT2D eigenvalue weighted by Crippen LogP contribution is -2.52. The van der Waals surface area contributed by atoms with Crippen molar-refractivity contribution < 1.29 is 14.4 Å². The zero-order chi connectivity index (χ0) is 25.4. The summed E-state index contributed by atoms with van der Waals surface area (Å²) in [6.07, 6.45) is 4.04. The van der Waals surface area contributed by atoms with Crippen LogP contribution in [0, 0.1) is 0 Å². The molecule has 0 radical (unpaired) electrons. The first-order valence-electron chi connectivity index (χ1n) is 12.2. The van der Waals surface area contributed by atoms with E-state index in [0.717, 1.165) is 36.5 Å². The second kappa shape index (κ2) is 10.1. The van der Waals surface area contributed by atoms with E-state index in [0.29, 0.717) is 26.9 Å². The summed E-state index contributed by atoms with van der Waals surface area (Å²) in [6.45, 7) is 1.56. The van der Waals surface area contributed by atoms with Crippen molar-refractivity contribution in [3.8, 4) is 0 Å². The van der Waals surface area contributed by atoms with Crippen LogP contribution in [0.15, 0.2) is 54.6 Å². The van der Waals surface area contributed by atoms with Crippen LogP contribution < -0.4 is 10.2 Å². The van der Waals surface area contributed by atoms with Crippen LogP contribution in [0.3, 0.4) is 0 Å². The zero-order valence-electron chi connectivity index (χ0n) is 20.0. The van der Waals surface area contributed by atoms with Crippen LogP contribution in [0.5, 0.6) is 0 Å². The van der Waals surface area contributed by atoms with Gasteiger partial charge in [-0.05, 0) is 49.4 Å². The van der Waals surface area contributed by atoms with Gasteiger partial charge in [0.1, 0.15) is 12.6 Å². The van der Waals surface area contributed by atoms with Gasteiger partial charge in [-0.1, -0.05) is 66.4 Å². The zero-order valence-corrected chi connectivity index (χ0v) is 21.5. The van der Waals surface area contributed by atoms with Crippen molar-refractivity contribution in [3.63, 3.8) is 0 Å². The number of benzene rings is 3. The third-order valence-electron chi connectivity index (χ3n) is 7.20. The molecule has 0 saturated heterocycles. The predicted molar refractivity (Wildman–Crippen MR) is 142 cm³/mol. The van der Waals surface area contributed by atoms with Crippen molar-refractivity contribution in [3.05, 3.63) is 75.8 Å². The molecule has 0 unspecified atom stereocenters. The molecule has 8 heteroatoms. The number of hydrogen-bond acceptors (Lipinski definition) is 3. The van der Waals surface area contributed by atoms with Crippen LogP contribution in [0.4, 0.5) is 5.69 Å². The maximum atomic E-state index is 13.8. The van der Waals surface area contributed by atoms with Gasteiger partial charge in [-0.2, -0.15) is 0 Å². The second-order valence-electron chi connectivity index (χ2n) is 9.46. The largest absolute Gasteiger partial charge is 0.352 e. The summed E-state index contributed by atoms with van der Waals surface area (Å²) >= 11 is 12.8. The number of halogens is 2. The van der Waals surface area contributed by atoms with Gasteiger partial charge in [-0.15, -0.1) is 0 Å². The van der Waals surface area contributed by atoms with E-state index in [1.807, 2.05) is 30.3 Å². The van der Waals surface area contributed by atoms with Gasteiger partial charge < -0.3 is 10.2 Å². The number of nitrogens with one attached hydrogen (secondary N) is 1. The van der Waals surface area contributed by atoms with Gasteiger partial charge in [-0.25, -0.2) is 0 Å². The molecule has 2 aliphatic rings. The predicted octanol–water partition coefficient (Wildman–Crippen LogP) is 5.58. The summed E-state index contributed by atoms with van der Waals surface area (Å²) in [5, 5.41) is 5.69. The molecule has 3 aromatic rings. The Morgan fingerprint density at radius 2 is 1.67 bits per heavy atom. The molecule has 186 valence electrons. The third-order valence-corrected chi connectivity index (χ3v) is 7.91. The normalized spacial score (nSPS) is 16.0. The van der Waals surface area contributed by atoms with Crippen molar-refractivity contribution in [2.45, 2.75) is 51.2 Å². The highest BCUT2D eigenvalue weighted by molar-refractivity contribution is 6.36. The fraction of sp³-hybridized carbons (Fsp3) is 0.321. The minimum absolute atomic E-state index is 0.0514. The number of rotatable bonds is 7. The molecular formula is C28H27Cl2N3O3. The summed E-state index contributed by atoms with van der Waals surface area (Å²) in [5.74, 6) is -0.816. The van der Waals surface area contributed by atoms with Gasteiger partial charge in [0.15, 0.2) is 0 Å². The van der Waals surface area contributed by atoms with E-state index in [9.17, 15) is 14.4 Å². The Hall–Kier alpha value is -3.09.